The van der Waals surface area contributed by atoms with Crippen LogP contribution in [0.4, 0.5) is 0 Å². The molecule has 0 aromatic carbocycles. The highest BCUT2D eigenvalue weighted by atomic mass is 35.5. The van der Waals surface area contributed by atoms with Crippen LogP contribution >= 0.6 is 12.4 Å². The van der Waals surface area contributed by atoms with Crippen LogP contribution in [0.15, 0.2) is 35.5 Å². The standard InChI is InChI=1S/C18H26N2O4S.ClH/c1-19(25(22,23)11-10-21)16-12-18-8-4-2-6-14(18)13-20-9-5-3-7-15(20)17(18)24-16;/h5,9,13,16,21H,2-4,6-8,10-12H2,1H3;1H/t16-,18?;/m1./s1. The zero-order chi connectivity index (χ0) is 17.7. The Morgan fingerprint density at radius 2 is 2.19 bits per heavy atom. The van der Waals surface area contributed by atoms with E-state index in [-0.39, 0.29) is 30.2 Å². The van der Waals surface area contributed by atoms with Gasteiger partial charge in [-0.05, 0) is 37.7 Å². The molecule has 0 aromatic rings. The summed E-state index contributed by atoms with van der Waals surface area (Å²) in [6.07, 6.45) is 13.0. The average molecular weight is 403 g/mol. The van der Waals surface area contributed by atoms with Crippen LogP contribution in [0.25, 0.3) is 0 Å². The summed E-state index contributed by atoms with van der Waals surface area (Å²) < 4.78 is 32.4. The molecule has 1 N–H and O–H groups in total. The third-order valence-corrected chi connectivity index (χ3v) is 7.81. The van der Waals surface area contributed by atoms with Crippen molar-refractivity contribution in [3.05, 3.63) is 35.5 Å². The van der Waals surface area contributed by atoms with Crippen molar-refractivity contribution in [3.8, 4) is 0 Å². The number of rotatable bonds is 4. The molecule has 0 aromatic heterocycles. The molecule has 1 unspecified atom stereocenters. The van der Waals surface area contributed by atoms with E-state index in [2.05, 4.69) is 23.4 Å². The van der Waals surface area contributed by atoms with E-state index in [9.17, 15) is 8.42 Å². The van der Waals surface area contributed by atoms with Crippen molar-refractivity contribution in [3.63, 3.8) is 0 Å². The van der Waals surface area contributed by atoms with Crippen LogP contribution in [0.2, 0.25) is 0 Å². The molecule has 3 aliphatic heterocycles. The fourth-order valence-electron chi connectivity index (χ4n) is 4.64. The maximum atomic E-state index is 12.4. The molecular formula is C18H27ClN2O4S. The van der Waals surface area contributed by atoms with Gasteiger partial charge in [0.15, 0.2) is 6.23 Å². The van der Waals surface area contributed by atoms with E-state index < -0.39 is 16.3 Å². The molecule has 4 aliphatic rings. The maximum Gasteiger partial charge on any atom is 0.219 e. The minimum absolute atomic E-state index is 0. The first kappa shape index (κ1) is 19.7. The largest absolute Gasteiger partial charge is 0.476 e. The first-order valence-electron chi connectivity index (χ1n) is 9.11. The molecule has 26 heavy (non-hydrogen) atoms. The lowest BCUT2D eigenvalue weighted by molar-refractivity contribution is 0.0702. The number of fused-ring (bicyclic) bond motifs is 1. The van der Waals surface area contributed by atoms with E-state index in [0.29, 0.717) is 6.42 Å². The van der Waals surface area contributed by atoms with Gasteiger partial charge in [-0.3, -0.25) is 0 Å². The second-order valence-corrected chi connectivity index (χ2v) is 9.53. The number of allylic oxidation sites excluding steroid dienone is 3. The van der Waals surface area contributed by atoms with E-state index in [4.69, 9.17) is 9.84 Å². The second-order valence-electron chi connectivity index (χ2n) is 7.38. The first-order valence-corrected chi connectivity index (χ1v) is 10.7. The third-order valence-electron chi connectivity index (χ3n) is 6.00. The van der Waals surface area contributed by atoms with Crippen LogP contribution in [0, 0.1) is 5.41 Å². The highest BCUT2D eigenvalue weighted by molar-refractivity contribution is 7.89. The minimum atomic E-state index is -3.52. The molecule has 0 radical (unpaired) electrons. The number of hydrogen-bond donors (Lipinski definition) is 1. The van der Waals surface area contributed by atoms with Crippen molar-refractivity contribution in [2.45, 2.75) is 51.2 Å². The molecule has 1 saturated heterocycles. The van der Waals surface area contributed by atoms with Gasteiger partial charge in [-0.25, -0.2) is 8.42 Å². The van der Waals surface area contributed by atoms with Gasteiger partial charge in [0.2, 0.25) is 10.0 Å². The van der Waals surface area contributed by atoms with Crippen molar-refractivity contribution in [1.82, 2.24) is 9.21 Å². The highest BCUT2D eigenvalue weighted by Crippen LogP contribution is 2.59. The van der Waals surface area contributed by atoms with Crippen LogP contribution in [0.1, 0.15) is 44.9 Å². The molecular weight excluding hydrogens is 376 g/mol. The van der Waals surface area contributed by atoms with E-state index >= 15 is 0 Å². The Balaban J connectivity index is 0.00000196. The van der Waals surface area contributed by atoms with E-state index in [1.165, 1.54) is 22.0 Å². The van der Waals surface area contributed by atoms with Gasteiger partial charge in [0.25, 0.3) is 0 Å². The molecule has 6 nitrogen and oxygen atoms in total. The third kappa shape index (κ3) is 2.99. The molecule has 146 valence electrons. The fourth-order valence-corrected chi connectivity index (χ4v) is 5.63. The van der Waals surface area contributed by atoms with E-state index in [0.717, 1.165) is 37.9 Å². The van der Waals surface area contributed by atoms with Crippen LogP contribution < -0.4 is 0 Å². The number of hydrogen-bond acceptors (Lipinski definition) is 5. The average Bonchev–Trinajstić information content (AvgIpc) is 2.98. The van der Waals surface area contributed by atoms with Gasteiger partial charge in [0.05, 0.1) is 23.5 Å². The molecule has 8 heteroatoms. The number of sulfonamides is 1. The number of nitrogens with zero attached hydrogens (tertiary/aromatic N) is 2. The zero-order valence-corrected chi connectivity index (χ0v) is 16.7. The van der Waals surface area contributed by atoms with E-state index in [1.807, 2.05) is 0 Å². The summed E-state index contributed by atoms with van der Waals surface area (Å²) in [4.78, 5) is 2.17. The molecule has 4 rings (SSSR count). The van der Waals surface area contributed by atoms with Crippen LogP contribution in [-0.2, 0) is 14.8 Å². The van der Waals surface area contributed by atoms with Gasteiger partial charge in [-0.2, -0.15) is 4.31 Å². The number of halogens is 1. The lowest BCUT2D eigenvalue weighted by Crippen LogP contribution is -2.39. The van der Waals surface area contributed by atoms with Crippen LogP contribution in [-0.4, -0.2) is 48.4 Å². The number of aliphatic hydroxyl groups is 1. The molecule has 0 bridgehead atoms. The Labute approximate surface area is 161 Å². The Morgan fingerprint density at radius 3 is 2.96 bits per heavy atom. The molecule has 1 spiro atoms. The Bertz CT molecular complexity index is 761. The summed E-state index contributed by atoms with van der Waals surface area (Å²) in [6.45, 7) is -0.373. The molecule has 3 heterocycles. The summed E-state index contributed by atoms with van der Waals surface area (Å²) in [5, 5.41) is 9.06. The molecule has 1 saturated carbocycles. The topological polar surface area (TPSA) is 70.1 Å². The highest BCUT2D eigenvalue weighted by Gasteiger charge is 2.54. The quantitative estimate of drug-likeness (QED) is 0.782. The summed E-state index contributed by atoms with van der Waals surface area (Å²) in [6, 6.07) is 0. The first-order chi connectivity index (χ1) is 12.0. The van der Waals surface area contributed by atoms with Gasteiger partial charge in [0, 0.05) is 25.9 Å². The lowest BCUT2D eigenvalue weighted by Gasteiger charge is -2.42. The Hall–Kier alpha value is -1.02. The summed E-state index contributed by atoms with van der Waals surface area (Å²) in [7, 11) is -1.95. The maximum absolute atomic E-state index is 12.4. The zero-order valence-electron chi connectivity index (χ0n) is 15.1. The van der Waals surface area contributed by atoms with Crippen molar-refractivity contribution in [2.24, 2.45) is 5.41 Å². The predicted octanol–water partition coefficient (Wildman–Crippen LogP) is 2.69. The van der Waals surface area contributed by atoms with Crippen LogP contribution in [0.5, 0.6) is 0 Å². The van der Waals surface area contributed by atoms with Gasteiger partial charge < -0.3 is 14.7 Å². The van der Waals surface area contributed by atoms with Crippen molar-refractivity contribution >= 4 is 22.4 Å². The fraction of sp³-hybridized carbons (Fsp3) is 0.667. The summed E-state index contributed by atoms with van der Waals surface area (Å²) in [5.74, 6) is 0.727. The molecule has 2 atom stereocenters. The van der Waals surface area contributed by atoms with Gasteiger partial charge in [-0.1, -0.05) is 12.5 Å². The second kappa shape index (κ2) is 7.19. The smallest absolute Gasteiger partial charge is 0.219 e. The SMILES string of the molecule is CN([C@H]1CC23CCCCC2=CN2C=CCCC2=C3O1)S(=O)(=O)CCO.Cl. The van der Waals surface area contributed by atoms with Gasteiger partial charge in [0.1, 0.15) is 5.76 Å². The van der Waals surface area contributed by atoms with Gasteiger partial charge >= 0.3 is 0 Å². The van der Waals surface area contributed by atoms with E-state index in [1.54, 1.807) is 7.05 Å². The van der Waals surface area contributed by atoms with Crippen LogP contribution in [0.3, 0.4) is 0 Å². The Morgan fingerprint density at radius 1 is 1.38 bits per heavy atom. The van der Waals surface area contributed by atoms with Crippen molar-refractivity contribution in [2.75, 3.05) is 19.4 Å². The van der Waals surface area contributed by atoms with Gasteiger partial charge in [-0.15, -0.1) is 12.4 Å². The number of aliphatic hydroxyl groups excluding tert-OH is 1. The van der Waals surface area contributed by atoms with Crippen molar-refractivity contribution < 1.29 is 18.3 Å². The predicted molar refractivity (Wildman–Crippen MR) is 102 cm³/mol. The number of ether oxygens (including phenoxy) is 1. The lowest BCUT2D eigenvalue weighted by atomic mass is 9.66. The molecule has 0 amide bonds. The summed E-state index contributed by atoms with van der Waals surface area (Å²) in [5.41, 5.74) is 2.42. The molecule has 2 fully saturated rings. The Kier molecular flexibility index (Phi) is 5.45. The normalized spacial score (nSPS) is 30.2. The monoisotopic (exact) mass is 402 g/mol. The molecule has 1 aliphatic carbocycles. The minimum Gasteiger partial charge on any atom is -0.476 e. The van der Waals surface area contributed by atoms with Crippen molar-refractivity contribution in [1.29, 1.82) is 0 Å². The summed E-state index contributed by atoms with van der Waals surface area (Å²) >= 11 is 0.